The summed E-state index contributed by atoms with van der Waals surface area (Å²) in [4.78, 5) is 25.2. The number of carbonyl (C=O) groups excluding carboxylic acids is 2. The lowest BCUT2D eigenvalue weighted by Crippen LogP contribution is -2.31. The maximum atomic E-state index is 12.4. The molecule has 0 saturated carbocycles. The fourth-order valence-electron chi connectivity index (χ4n) is 2.56. The van der Waals surface area contributed by atoms with Gasteiger partial charge in [0.15, 0.2) is 18.1 Å². The minimum absolute atomic E-state index is 0.122. The standard InChI is InChI=1S/C21H24N2O4/c1-4-6-15-9-10-18(19(12-15)26-3)27-14-20(24)23(2)13-16-7-5-8-17(11-16)21(22)25/h4-5,7-12H,1,6,13-14H2,2-3H3,(H2,22,25). The first-order valence-electron chi connectivity index (χ1n) is 8.48. The van der Waals surface area contributed by atoms with E-state index in [0.717, 1.165) is 17.5 Å². The number of methoxy groups -OCH3 is 1. The van der Waals surface area contributed by atoms with E-state index in [1.165, 1.54) is 4.90 Å². The zero-order valence-electron chi connectivity index (χ0n) is 15.6. The average Bonchev–Trinajstić information content (AvgIpc) is 2.66. The predicted molar refractivity (Wildman–Crippen MR) is 104 cm³/mol. The van der Waals surface area contributed by atoms with Gasteiger partial charge < -0.3 is 20.1 Å². The molecule has 0 radical (unpaired) electrons. The second-order valence-electron chi connectivity index (χ2n) is 6.08. The molecule has 2 amide bonds. The van der Waals surface area contributed by atoms with Crippen LogP contribution in [0, 0.1) is 0 Å². The molecule has 0 atom stereocenters. The normalized spacial score (nSPS) is 10.1. The van der Waals surface area contributed by atoms with Gasteiger partial charge >= 0.3 is 0 Å². The number of amides is 2. The minimum Gasteiger partial charge on any atom is -0.493 e. The summed E-state index contributed by atoms with van der Waals surface area (Å²) in [7, 11) is 3.23. The molecular weight excluding hydrogens is 344 g/mol. The van der Waals surface area contributed by atoms with Gasteiger partial charge in [-0.25, -0.2) is 0 Å². The lowest BCUT2D eigenvalue weighted by Gasteiger charge is -2.18. The van der Waals surface area contributed by atoms with E-state index < -0.39 is 5.91 Å². The topological polar surface area (TPSA) is 81.9 Å². The van der Waals surface area contributed by atoms with E-state index in [9.17, 15) is 9.59 Å². The van der Waals surface area contributed by atoms with Crippen LogP contribution in [0.25, 0.3) is 0 Å². The SMILES string of the molecule is C=CCc1ccc(OCC(=O)N(C)Cc2cccc(C(N)=O)c2)c(OC)c1. The van der Waals surface area contributed by atoms with Crippen LogP contribution in [-0.4, -0.2) is 37.5 Å². The van der Waals surface area contributed by atoms with Gasteiger partial charge in [-0.05, 0) is 41.8 Å². The summed E-state index contributed by atoms with van der Waals surface area (Å²) in [6.07, 6.45) is 2.53. The smallest absolute Gasteiger partial charge is 0.260 e. The number of nitrogens with zero attached hydrogens (tertiary/aromatic N) is 1. The Morgan fingerprint density at radius 2 is 1.93 bits per heavy atom. The van der Waals surface area contributed by atoms with Gasteiger partial charge in [0, 0.05) is 19.2 Å². The van der Waals surface area contributed by atoms with Crippen LogP contribution in [0.15, 0.2) is 55.1 Å². The summed E-state index contributed by atoms with van der Waals surface area (Å²) in [5.74, 6) is 0.375. The zero-order chi connectivity index (χ0) is 19.8. The van der Waals surface area contributed by atoms with E-state index >= 15 is 0 Å². The van der Waals surface area contributed by atoms with Crippen molar-refractivity contribution in [2.24, 2.45) is 5.73 Å². The first kappa shape index (κ1) is 20.0. The Morgan fingerprint density at radius 1 is 1.15 bits per heavy atom. The fraction of sp³-hybridized carbons (Fsp3) is 0.238. The van der Waals surface area contributed by atoms with Gasteiger partial charge in [0.25, 0.3) is 5.91 Å². The molecule has 6 nitrogen and oxygen atoms in total. The second-order valence-corrected chi connectivity index (χ2v) is 6.08. The molecule has 0 saturated heterocycles. The van der Waals surface area contributed by atoms with Crippen molar-refractivity contribution in [3.8, 4) is 11.5 Å². The molecule has 0 aliphatic rings. The highest BCUT2D eigenvalue weighted by atomic mass is 16.5. The summed E-state index contributed by atoms with van der Waals surface area (Å²) < 4.78 is 11.0. The van der Waals surface area contributed by atoms with Crippen molar-refractivity contribution in [3.05, 3.63) is 71.8 Å². The van der Waals surface area contributed by atoms with Crippen LogP contribution in [-0.2, 0) is 17.8 Å². The molecule has 6 heteroatoms. The first-order chi connectivity index (χ1) is 12.9. The van der Waals surface area contributed by atoms with Crippen LogP contribution in [0.2, 0.25) is 0 Å². The predicted octanol–water partition coefficient (Wildman–Crippen LogP) is 2.56. The monoisotopic (exact) mass is 368 g/mol. The molecule has 2 N–H and O–H groups in total. The lowest BCUT2D eigenvalue weighted by atomic mass is 10.1. The van der Waals surface area contributed by atoms with Crippen LogP contribution in [0.3, 0.4) is 0 Å². The van der Waals surface area contributed by atoms with Gasteiger partial charge in [0.1, 0.15) is 0 Å². The molecule has 0 unspecified atom stereocenters. The molecule has 2 rings (SSSR count). The number of hydrogen-bond acceptors (Lipinski definition) is 4. The van der Waals surface area contributed by atoms with Crippen LogP contribution in [0.4, 0.5) is 0 Å². The van der Waals surface area contributed by atoms with Crippen LogP contribution in [0.1, 0.15) is 21.5 Å². The summed E-state index contributed by atoms with van der Waals surface area (Å²) in [6, 6.07) is 12.4. The van der Waals surface area contributed by atoms with Crippen molar-refractivity contribution in [1.82, 2.24) is 4.90 Å². The number of benzene rings is 2. The van der Waals surface area contributed by atoms with E-state index in [0.29, 0.717) is 23.6 Å². The van der Waals surface area contributed by atoms with E-state index in [1.54, 1.807) is 44.5 Å². The van der Waals surface area contributed by atoms with Gasteiger partial charge in [-0.2, -0.15) is 0 Å². The Balaban J connectivity index is 1.97. The number of hydrogen-bond donors (Lipinski definition) is 1. The van der Waals surface area contributed by atoms with E-state index in [-0.39, 0.29) is 12.5 Å². The van der Waals surface area contributed by atoms with Crippen LogP contribution < -0.4 is 15.2 Å². The van der Waals surface area contributed by atoms with Crippen molar-refractivity contribution in [2.45, 2.75) is 13.0 Å². The minimum atomic E-state index is -0.499. The third-order valence-electron chi connectivity index (χ3n) is 4.02. The molecule has 0 fully saturated rings. The highest BCUT2D eigenvalue weighted by molar-refractivity contribution is 5.92. The Hall–Kier alpha value is -3.28. The number of ether oxygens (including phenoxy) is 2. The number of nitrogens with two attached hydrogens (primary N) is 1. The molecule has 0 aromatic heterocycles. The summed E-state index contributed by atoms with van der Waals surface area (Å²) in [5, 5.41) is 0. The number of likely N-dealkylation sites (N-methyl/N-ethyl adjacent to an activating group) is 1. The van der Waals surface area contributed by atoms with Gasteiger partial charge in [-0.3, -0.25) is 9.59 Å². The van der Waals surface area contributed by atoms with Crippen LogP contribution >= 0.6 is 0 Å². The number of primary amides is 1. The van der Waals surface area contributed by atoms with E-state index in [2.05, 4.69) is 6.58 Å². The van der Waals surface area contributed by atoms with Gasteiger partial charge in [-0.1, -0.05) is 24.3 Å². The largest absolute Gasteiger partial charge is 0.493 e. The average molecular weight is 368 g/mol. The molecule has 142 valence electrons. The van der Waals surface area contributed by atoms with Gasteiger partial charge in [0.05, 0.1) is 7.11 Å². The van der Waals surface area contributed by atoms with Crippen molar-refractivity contribution in [3.63, 3.8) is 0 Å². The van der Waals surface area contributed by atoms with Crippen molar-refractivity contribution in [2.75, 3.05) is 20.8 Å². The quantitative estimate of drug-likeness (QED) is 0.690. The third-order valence-corrected chi connectivity index (χ3v) is 4.02. The summed E-state index contributed by atoms with van der Waals surface area (Å²) in [6.45, 7) is 3.94. The molecule has 27 heavy (non-hydrogen) atoms. The molecular formula is C21H24N2O4. The number of rotatable bonds is 9. The molecule has 0 heterocycles. The highest BCUT2D eigenvalue weighted by Crippen LogP contribution is 2.28. The van der Waals surface area contributed by atoms with Crippen molar-refractivity contribution >= 4 is 11.8 Å². The van der Waals surface area contributed by atoms with Gasteiger partial charge in [-0.15, -0.1) is 6.58 Å². The Labute approximate surface area is 159 Å². The fourth-order valence-corrected chi connectivity index (χ4v) is 2.56. The van der Waals surface area contributed by atoms with E-state index in [1.807, 2.05) is 18.2 Å². The first-order valence-corrected chi connectivity index (χ1v) is 8.48. The molecule has 2 aromatic carbocycles. The number of allylic oxidation sites excluding steroid dienone is 1. The van der Waals surface area contributed by atoms with Crippen molar-refractivity contribution in [1.29, 1.82) is 0 Å². The number of carbonyl (C=O) groups is 2. The molecule has 0 aliphatic heterocycles. The Morgan fingerprint density at radius 3 is 2.59 bits per heavy atom. The maximum Gasteiger partial charge on any atom is 0.260 e. The van der Waals surface area contributed by atoms with E-state index in [4.69, 9.17) is 15.2 Å². The zero-order valence-corrected chi connectivity index (χ0v) is 15.6. The maximum absolute atomic E-state index is 12.4. The Bertz CT molecular complexity index is 833. The molecule has 0 spiro atoms. The Kier molecular flexibility index (Phi) is 7.00. The third kappa shape index (κ3) is 5.60. The summed E-state index contributed by atoms with van der Waals surface area (Å²) in [5.41, 5.74) is 7.56. The summed E-state index contributed by atoms with van der Waals surface area (Å²) >= 11 is 0. The van der Waals surface area contributed by atoms with Gasteiger partial charge in [0.2, 0.25) is 5.91 Å². The highest BCUT2D eigenvalue weighted by Gasteiger charge is 2.13. The lowest BCUT2D eigenvalue weighted by molar-refractivity contribution is -0.132. The molecule has 2 aromatic rings. The van der Waals surface area contributed by atoms with Crippen molar-refractivity contribution < 1.29 is 19.1 Å². The molecule has 0 aliphatic carbocycles. The molecule has 0 bridgehead atoms. The van der Waals surface area contributed by atoms with Crippen LogP contribution in [0.5, 0.6) is 11.5 Å². The second kappa shape index (κ2) is 9.43.